The summed E-state index contributed by atoms with van der Waals surface area (Å²) in [6.07, 6.45) is 4.80. The molecule has 2 rings (SSSR count). The highest BCUT2D eigenvalue weighted by Crippen LogP contribution is 2.29. The molecule has 1 aromatic heterocycles. The summed E-state index contributed by atoms with van der Waals surface area (Å²) in [5.74, 6) is 1.85. The van der Waals surface area contributed by atoms with Crippen molar-refractivity contribution in [3.63, 3.8) is 0 Å². The lowest BCUT2D eigenvalue weighted by atomic mass is 9.82. The maximum absolute atomic E-state index is 12.0. The van der Waals surface area contributed by atoms with Gasteiger partial charge in [-0.2, -0.15) is 0 Å². The van der Waals surface area contributed by atoms with Crippen molar-refractivity contribution in [2.24, 2.45) is 12.5 Å². The first-order valence-corrected chi connectivity index (χ1v) is 13.9. The van der Waals surface area contributed by atoms with Crippen LogP contribution >= 0.6 is 0 Å². The van der Waals surface area contributed by atoms with Gasteiger partial charge in [0.25, 0.3) is 0 Å². The van der Waals surface area contributed by atoms with E-state index >= 15 is 0 Å². The minimum atomic E-state index is -0.492. The lowest BCUT2D eigenvalue weighted by Crippen LogP contribution is -2.40. The van der Waals surface area contributed by atoms with Gasteiger partial charge in [0.1, 0.15) is 17.2 Å². The first-order valence-electron chi connectivity index (χ1n) is 13.9. The van der Waals surface area contributed by atoms with Crippen LogP contribution in [-0.2, 0) is 27.7 Å². The Morgan fingerprint density at radius 3 is 2.36 bits per heavy atom. The number of nitrogen functional groups attached to an aromatic ring is 1. The summed E-state index contributed by atoms with van der Waals surface area (Å²) in [6, 6.07) is 5.80. The third-order valence-corrected chi connectivity index (χ3v) is 5.38. The molecule has 2 amide bonds. The normalized spacial score (nSPS) is 12.3. The zero-order valence-corrected chi connectivity index (χ0v) is 26.1. The number of fused-ring (bicyclic) bond motifs is 1. The molecule has 0 aliphatic heterocycles. The summed E-state index contributed by atoms with van der Waals surface area (Å²) in [6.45, 7) is 21.0. The second-order valence-corrected chi connectivity index (χ2v) is 10.9. The third-order valence-electron chi connectivity index (χ3n) is 5.38. The molecular formula is C30H53N5O4. The third kappa shape index (κ3) is 14.5. The van der Waals surface area contributed by atoms with Crippen LogP contribution in [0.1, 0.15) is 87.9 Å². The molecule has 39 heavy (non-hydrogen) atoms. The van der Waals surface area contributed by atoms with Crippen molar-refractivity contribution in [2.75, 3.05) is 18.9 Å². The fourth-order valence-electron chi connectivity index (χ4n) is 4.05. The minimum Gasteiger partial charge on any atom is -0.497 e. The average molecular weight is 548 g/mol. The Bertz CT molecular complexity index is 1040. The Hall–Kier alpha value is -3.23. The fourth-order valence-corrected chi connectivity index (χ4v) is 4.05. The zero-order chi connectivity index (χ0) is 30.2. The monoisotopic (exact) mass is 547 g/mol. The van der Waals surface area contributed by atoms with Crippen LogP contribution in [0, 0.1) is 5.41 Å². The number of alkyl carbamates (subject to hydrolysis) is 1. The first kappa shape index (κ1) is 35.8. The number of aryl methyl sites for hydroxylation is 1. The summed E-state index contributed by atoms with van der Waals surface area (Å²) in [5.41, 5.74) is 8.05. The van der Waals surface area contributed by atoms with Gasteiger partial charge in [0.2, 0.25) is 6.41 Å². The van der Waals surface area contributed by atoms with Gasteiger partial charge in [-0.1, -0.05) is 34.6 Å². The lowest BCUT2D eigenvalue weighted by molar-refractivity contribution is -0.109. The molecule has 0 bridgehead atoms. The van der Waals surface area contributed by atoms with Crippen molar-refractivity contribution < 1.29 is 19.1 Å². The largest absolute Gasteiger partial charge is 0.497 e. The van der Waals surface area contributed by atoms with Gasteiger partial charge in [0.15, 0.2) is 0 Å². The SMILES string of the molecule is CC.CC(CC(C)(C)Cc1nc2cc(N)ccc2n1C)NC(=O)OC(C)(C)C.CC/C=C(\CNC=O)OCC. The summed E-state index contributed by atoms with van der Waals surface area (Å²) < 4.78 is 12.7. The van der Waals surface area contributed by atoms with Gasteiger partial charge in [0, 0.05) is 25.2 Å². The van der Waals surface area contributed by atoms with Crippen molar-refractivity contribution in [3.8, 4) is 0 Å². The summed E-state index contributed by atoms with van der Waals surface area (Å²) in [5, 5.41) is 5.47. The van der Waals surface area contributed by atoms with Crippen molar-refractivity contribution in [3.05, 3.63) is 35.9 Å². The molecule has 0 saturated heterocycles. The number of aromatic nitrogens is 2. The number of carbonyl (C=O) groups is 2. The van der Waals surface area contributed by atoms with Crippen molar-refractivity contribution in [1.29, 1.82) is 0 Å². The molecule has 0 aliphatic carbocycles. The van der Waals surface area contributed by atoms with E-state index in [0.29, 0.717) is 19.6 Å². The molecule has 2 aromatic rings. The number of amides is 2. The maximum Gasteiger partial charge on any atom is 0.407 e. The van der Waals surface area contributed by atoms with Crippen LogP contribution in [0.2, 0.25) is 0 Å². The number of hydrogen-bond acceptors (Lipinski definition) is 6. The number of imidazole rings is 1. The highest BCUT2D eigenvalue weighted by molar-refractivity contribution is 5.79. The number of hydrogen-bond donors (Lipinski definition) is 3. The molecule has 4 N–H and O–H groups in total. The van der Waals surface area contributed by atoms with Crippen LogP contribution in [0.15, 0.2) is 30.0 Å². The van der Waals surface area contributed by atoms with Crippen LogP contribution in [0.5, 0.6) is 0 Å². The van der Waals surface area contributed by atoms with E-state index in [9.17, 15) is 9.59 Å². The van der Waals surface area contributed by atoms with E-state index in [1.54, 1.807) is 0 Å². The Morgan fingerprint density at radius 2 is 1.82 bits per heavy atom. The van der Waals surface area contributed by atoms with Gasteiger partial charge in [-0.05, 0) is 77.2 Å². The van der Waals surface area contributed by atoms with E-state index in [4.69, 9.17) is 20.2 Å². The molecule has 1 atom stereocenters. The molecule has 222 valence electrons. The molecule has 0 fully saturated rings. The van der Waals surface area contributed by atoms with Crippen molar-refractivity contribution in [1.82, 2.24) is 20.2 Å². The molecule has 0 aliphatic rings. The predicted octanol–water partition coefficient (Wildman–Crippen LogP) is 6.12. The van der Waals surface area contributed by atoms with Gasteiger partial charge in [0.05, 0.1) is 24.2 Å². The number of nitrogens with zero attached hydrogens (tertiary/aromatic N) is 2. The average Bonchev–Trinajstić information content (AvgIpc) is 3.11. The Morgan fingerprint density at radius 1 is 1.18 bits per heavy atom. The van der Waals surface area contributed by atoms with Gasteiger partial charge in [-0.15, -0.1) is 0 Å². The smallest absolute Gasteiger partial charge is 0.407 e. The van der Waals surface area contributed by atoms with Crippen molar-refractivity contribution in [2.45, 2.75) is 100 Å². The van der Waals surface area contributed by atoms with Gasteiger partial charge in [-0.25, -0.2) is 9.78 Å². The van der Waals surface area contributed by atoms with Gasteiger partial charge < -0.3 is 30.4 Å². The fraction of sp³-hybridized carbons (Fsp3) is 0.633. The predicted molar refractivity (Wildman–Crippen MR) is 161 cm³/mol. The van der Waals surface area contributed by atoms with E-state index in [-0.39, 0.29) is 17.6 Å². The molecule has 0 saturated carbocycles. The standard InChI is InChI=1S/C20H32N4O2.C8H15NO2.C2H6/c1-13(22-18(25)26-19(2,3)4)11-20(5,6)12-17-23-15-10-14(21)8-9-16(15)24(17)7;1-3-5-8(11-4-2)6-9-7-10;1-2/h8-10,13H,11-12,21H2,1-7H3,(H,22,25);5,7H,3-4,6H2,1-2H3,(H,9,10);1-2H3/b;8-5+;. The number of allylic oxidation sites excluding steroid dienone is 1. The number of nitrogens with one attached hydrogen (secondary N) is 2. The zero-order valence-electron chi connectivity index (χ0n) is 26.1. The molecule has 9 heteroatoms. The second kappa shape index (κ2) is 17.4. The second-order valence-electron chi connectivity index (χ2n) is 10.9. The van der Waals surface area contributed by atoms with E-state index in [1.165, 1.54) is 0 Å². The van der Waals surface area contributed by atoms with Crippen LogP contribution in [-0.4, -0.2) is 46.8 Å². The van der Waals surface area contributed by atoms with Crippen LogP contribution in [0.3, 0.4) is 0 Å². The summed E-state index contributed by atoms with van der Waals surface area (Å²) >= 11 is 0. The quantitative estimate of drug-likeness (QED) is 0.177. The van der Waals surface area contributed by atoms with Crippen LogP contribution in [0.25, 0.3) is 11.0 Å². The van der Waals surface area contributed by atoms with Crippen molar-refractivity contribution >= 4 is 29.2 Å². The van der Waals surface area contributed by atoms with Gasteiger partial charge in [-0.3, -0.25) is 4.79 Å². The minimum absolute atomic E-state index is 0.00480. The molecule has 1 unspecified atom stereocenters. The lowest BCUT2D eigenvalue weighted by Gasteiger charge is -2.29. The highest BCUT2D eigenvalue weighted by Gasteiger charge is 2.26. The highest BCUT2D eigenvalue weighted by atomic mass is 16.6. The number of carbonyl (C=O) groups excluding carboxylic acids is 2. The van der Waals surface area contributed by atoms with E-state index < -0.39 is 5.60 Å². The van der Waals surface area contributed by atoms with Gasteiger partial charge >= 0.3 is 6.09 Å². The molecule has 0 spiro atoms. The van der Waals surface area contributed by atoms with Crippen LogP contribution in [0.4, 0.5) is 10.5 Å². The maximum atomic E-state index is 12.0. The topological polar surface area (TPSA) is 121 Å². The van der Waals surface area contributed by atoms with E-state index in [2.05, 4.69) is 29.0 Å². The van der Waals surface area contributed by atoms with Crippen LogP contribution < -0.4 is 16.4 Å². The Kier molecular flexibility index (Phi) is 15.9. The Balaban J connectivity index is 0.000000935. The number of anilines is 1. The molecule has 1 heterocycles. The number of ether oxygens (including phenoxy) is 2. The molecule has 0 radical (unpaired) electrons. The summed E-state index contributed by atoms with van der Waals surface area (Å²) in [4.78, 5) is 26.6. The molecule has 9 nitrogen and oxygen atoms in total. The van der Waals surface area contributed by atoms with E-state index in [0.717, 1.165) is 47.6 Å². The number of benzene rings is 1. The number of rotatable bonds is 11. The first-order chi connectivity index (χ1) is 18.2. The number of nitrogens with two attached hydrogens (primary N) is 1. The Labute approximate surface area is 235 Å². The van der Waals surface area contributed by atoms with E-state index in [1.807, 2.05) is 86.7 Å². The summed E-state index contributed by atoms with van der Waals surface area (Å²) in [7, 11) is 2.03. The molecule has 1 aromatic carbocycles. The molecular weight excluding hydrogens is 494 g/mol.